The van der Waals surface area contributed by atoms with Crippen molar-refractivity contribution < 1.29 is 19.3 Å². The van der Waals surface area contributed by atoms with Crippen LogP contribution in [0.2, 0.25) is 0 Å². The molecule has 0 radical (unpaired) electrons. The molecule has 2 aliphatic rings. The van der Waals surface area contributed by atoms with E-state index >= 15 is 0 Å². The lowest BCUT2D eigenvalue weighted by Gasteiger charge is -2.34. The van der Waals surface area contributed by atoms with Crippen LogP contribution < -0.4 is 19.5 Å². The number of methoxy groups -OCH3 is 1. The number of aromatic nitrogens is 2. The third-order valence-electron chi connectivity index (χ3n) is 6.39. The van der Waals surface area contributed by atoms with Crippen LogP contribution in [0.15, 0.2) is 42.6 Å². The second-order valence-corrected chi connectivity index (χ2v) is 8.72. The van der Waals surface area contributed by atoms with Gasteiger partial charge in [-0.2, -0.15) is 0 Å². The summed E-state index contributed by atoms with van der Waals surface area (Å²) in [4.78, 5) is 11.2. The number of nitrogens with one attached hydrogen (secondary N) is 1. The highest BCUT2D eigenvalue weighted by atomic mass is 16.7. The van der Waals surface area contributed by atoms with Crippen LogP contribution in [0, 0.1) is 5.92 Å². The number of hydrogen-bond donors (Lipinski definition) is 2. The molecule has 1 saturated heterocycles. The molecule has 2 unspecified atom stereocenters. The van der Waals surface area contributed by atoms with Gasteiger partial charge in [0.1, 0.15) is 0 Å². The molecule has 1 fully saturated rings. The number of aliphatic hydroxyl groups is 1. The number of likely N-dealkylation sites (tertiary alicyclic amines) is 1. The third-order valence-corrected chi connectivity index (χ3v) is 6.39. The highest BCUT2D eigenvalue weighted by Gasteiger charge is 2.23. The largest absolute Gasteiger partial charge is 0.481 e. The molecule has 33 heavy (non-hydrogen) atoms. The summed E-state index contributed by atoms with van der Waals surface area (Å²) in [6.45, 7) is 4.58. The molecule has 0 spiro atoms. The second kappa shape index (κ2) is 9.91. The van der Waals surface area contributed by atoms with E-state index in [9.17, 15) is 5.11 Å². The van der Waals surface area contributed by atoms with Crippen molar-refractivity contribution in [3.63, 3.8) is 0 Å². The number of nitrogens with zero attached hydrogens (tertiary/aromatic N) is 3. The standard InChI is InChI=1S/C25H30N4O4/c1-31-24-7-5-20-25(28-24)19(8-9-27-20)21(30)15-29-10-2-3-18(14-29)13-26-12-17-4-6-22-23(11-17)33-16-32-22/h4-9,11,18,21,26,30H,2-3,10,12-16H2,1H3. The number of rotatable bonds is 8. The summed E-state index contributed by atoms with van der Waals surface area (Å²) in [6.07, 6.45) is 3.42. The lowest BCUT2D eigenvalue weighted by Crippen LogP contribution is -2.41. The van der Waals surface area contributed by atoms with Gasteiger partial charge in [0, 0.05) is 37.5 Å². The molecule has 1 aromatic carbocycles. The molecule has 2 aromatic heterocycles. The number of fused-ring (bicyclic) bond motifs is 2. The van der Waals surface area contributed by atoms with Crippen molar-refractivity contribution in [1.82, 2.24) is 20.2 Å². The van der Waals surface area contributed by atoms with E-state index in [4.69, 9.17) is 14.2 Å². The Morgan fingerprint density at radius 1 is 1.21 bits per heavy atom. The molecule has 0 aliphatic carbocycles. The Bertz CT molecular complexity index is 1110. The number of benzene rings is 1. The molecule has 4 heterocycles. The minimum atomic E-state index is -0.629. The zero-order chi connectivity index (χ0) is 22.6. The number of β-amino-alcohol motifs (C(OH)–C–C–N with tert-alkyl or cyclic N) is 1. The van der Waals surface area contributed by atoms with Gasteiger partial charge in [0.25, 0.3) is 0 Å². The molecule has 174 valence electrons. The van der Waals surface area contributed by atoms with Gasteiger partial charge < -0.3 is 29.5 Å². The Hall–Kier alpha value is -2.94. The quantitative estimate of drug-likeness (QED) is 0.542. The molecule has 0 bridgehead atoms. The molecular formula is C25H30N4O4. The number of hydrogen-bond acceptors (Lipinski definition) is 8. The first-order valence-corrected chi connectivity index (χ1v) is 11.5. The maximum Gasteiger partial charge on any atom is 0.231 e. The van der Waals surface area contributed by atoms with Crippen LogP contribution >= 0.6 is 0 Å². The van der Waals surface area contributed by atoms with E-state index < -0.39 is 6.10 Å². The fourth-order valence-electron chi connectivity index (χ4n) is 4.71. The van der Waals surface area contributed by atoms with Gasteiger partial charge in [0.15, 0.2) is 11.5 Å². The molecule has 3 aromatic rings. The van der Waals surface area contributed by atoms with Crippen LogP contribution in [-0.4, -0.2) is 60.1 Å². The van der Waals surface area contributed by atoms with Gasteiger partial charge in [-0.3, -0.25) is 4.98 Å². The Balaban J connectivity index is 1.16. The topological polar surface area (TPSA) is 89.0 Å². The van der Waals surface area contributed by atoms with Gasteiger partial charge in [-0.25, -0.2) is 4.98 Å². The molecule has 5 rings (SSSR count). The zero-order valence-electron chi connectivity index (χ0n) is 18.9. The van der Waals surface area contributed by atoms with Gasteiger partial charge in [0.05, 0.1) is 24.2 Å². The highest BCUT2D eigenvalue weighted by Crippen LogP contribution is 2.32. The molecule has 8 nitrogen and oxygen atoms in total. The predicted molar refractivity (Wildman–Crippen MR) is 124 cm³/mol. The monoisotopic (exact) mass is 450 g/mol. The van der Waals surface area contributed by atoms with E-state index in [0.717, 1.165) is 55.2 Å². The van der Waals surface area contributed by atoms with Gasteiger partial charge in [-0.1, -0.05) is 6.07 Å². The van der Waals surface area contributed by atoms with Crippen molar-refractivity contribution in [3.05, 3.63) is 53.7 Å². The smallest absolute Gasteiger partial charge is 0.231 e. The van der Waals surface area contributed by atoms with Crippen molar-refractivity contribution in [2.75, 3.05) is 40.1 Å². The van der Waals surface area contributed by atoms with Crippen molar-refractivity contribution in [2.45, 2.75) is 25.5 Å². The average Bonchev–Trinajstić information content (AvgIpc) is 3.31. The normalized spacial score (nSPS) is 19.0. The molecule has 0 amide bonds. The second-order valence-electron chi connectivity index (χ2n) is 8.72. The first-order chi connectivity index (χ1) is 16.2. The van der Waals surface area contributed by atoms with Crippen LogP contribution in [0.1, 0.15) is 30.1 Å². The fourth-order valence-corrected chi connectivity index (χ4v) is 4.71. The van der Waals surface area contributed by atoms with Gasteiger partial charge in [-0.05, 0) is 61.7 Å². The van der Waals surface area contributed by atoms with Crippen LogP contribution in [0.3, 0.4) is 0 Å². The highest BCUT2D eigenvalue weighted by molar-refractivity contribution is 5.78. The molecular weight excluding hydrogens is 420 g/mol. The molecule has 2 N–H and O–H groups in total. The Morgan fingerprint density at radius 3 is 3.03 bits per heavy atom. The number of pyridine rings is 2. The third kappa shape index (κ3) is 5.03. The van der Waals surface area contributed by atoms with Crippen molar-refractivity contribution in [1.29, 1.82) is 0 Å². The first-order valence-electron chi connectivity index (χ1n) is 11.5. The number of ether oxygens (including phenoxy) is 3. The van der Waals surface area contributed by atoms with E-state index in [1.807, 2.05) is 24.3 Å². The van der Waals surface area contributed by atoms with Crippen molar-refractivity contribution in [3.8, 4) is 17.4 Å². The van der Waals surface area contributed by atoms with Gasteiger partial charge in [-0.15, -0.1) is 0 Å². The van der Waals surface area contributed by atoms with Gasteiger partial charge >= 0.3 is 0 Å². The van der Waals surface area contributed by atoms with E-state index in [-0.39, 0.29) is 0 Å². The minimum Gasteiger partial charge on any atom is -0.481 e. The van der Waals surface area contributed by atoms with E-state index in [2.05, 4.69) is 26.3 Å². The van der Waals surface area contributed by atoms with E-state index in [1.165, 1.54) is 12.0 Å². The summed E-state index contributed by atoms with van der Waals surface area (Å²) in [5, 5.41) is 14.6. The SMILES string of the molecule is COc1ccc2nccc(C(O)CN3CCCC(CNCc4ccc5c(c4)OCO5)C3)c2n1. The fraction of sp³-hybridized carbons (Fsp3) is 0.440. The number of aliphatic hydroxyl groups excluding tert-OH is 1. The predicted octanol–water partition coefficient (Wildman–Crippen LogP) is 2.90. The molecule has 0 saturated carbocycles. The van der Waals surface area contributed by atoms with Crippen LogP contribution in [-0.2, 0) is 6.54 Å². The lowest BCUT2D eigenvalue weighted by atomic mass is 9.97. The lowest BCUT2D eigenvalue weighted by molar-refractivity contribution is 0.0848. The van der Waals surface area contributed by atoms with Gasteiger partial charge in [0.2, 0.25) is 12.7 Å². The summed E-state index contributed by atoms with van der Waals surface area (Å²) < 4.78 is 16.1. The first kappa shape index (κ1) is 21.9. The maximum atomic E-state index is 11.0. The molecule has 8 heteroatoms. The summed E-state index contributed by atoms with van der Waals surface area (Å²) in [7, 11) is 1.59. The van der Waals surface area contributed by atoms with Crippen LogP contribution in [0.25, 0.3) is 11.0 Å². The van der Waals surface area contributed by atoms with Crippen molar-refractivity contribution in [2.24, 2.45) is 5.92 Å². The summed E-state index contributed by atoms with van der Waals surface area (Å²) >= 11 is 0. The van der Waals surface area contributed by atoms with E-state index in [1.54, 1.807) is 19.4 Å². The molecule has 2 aliphatic heterocycles. The summed E-state index contributed by atoms with van der Waals surface area (Å²) in [6, 6.07) is 11.6. The Morgan fingerprint density at radius 2 is 2.12 bits per heavy atom. The van der Waals surface area contributed by atoms with Crippen LogP contribution in [0.4, 0.5) is 0 Å². The zero-order valence-corrected chi connectivity index (χ0v) is 18.9. The summed E-state index contributed by atoms with van der Waals surface area (Å²) in [5.41, 5.74) is 3.44. The average molecular weight is 451 g/mol. The number of piperidine rings is 1. The van der Waals surface area contributed by atoms with Crippen LogP contribution in [0.5, 0.6) is 17.4 Å². The van der Waals surface area contributed by atoms with E-state index in [0.29, 0.717) is 30.7 Å². The van der Waals surface area contributed by atoms with Crippen molar-refractivity contribution >= 4 is 11.0 Å². The molecule has 2 atom stereocenters. The summed E-state index contributed by atoms with van der Waals surface area (Å²) in [5.74, 6) is 2.71. The Labute approximate surface area is 193 Å². The maximum absolute atomic E-state index is 11.0. The Kier molecular flexibility index (Phi) is 6.57. The minimum absolute atomic E-state index is 0.300.